The Morgan fingerprint density at radius 2 is 1.77 bits per heavy atom. The molecular formula is C36H49N3O9. The summed E-state index contributed by atoms with van der Waals surface area (Å²) in [5, 5.41) is 14.7. The second kappa shape index (κ2) is 14.7. The highest BCUT2D eigenvalue weighted by molar-refractivity contribution is 6.00. The highest BCUT2D eigenvalue weighted by atomic mass is 16.7. The van der Waals surface area contributed by atoms with E-state index in [1.807, 2.05) is 36.9 Å². The summed E-state index contributed by atoms with van der Waals surface area (Å²) in [5.41, 5.74) is 0.689. The number of carbonyl (C=O) groups excluding carboxylic acids is 3. The molecule has 3 aliphatic rings. The molecule has 0 aromatic heterocycles. The first-order chi connectivity index (χ1) is 22.9. The quantitative estimate of drug-likeness (QED) is 0.336. The monoisotopic (exact) mass is 667 g/mol. The van der Waals surface area contributed by atoms with Gasteiger partial charge in [-0.3, -0.25) is 14.5 Å². The fourth-order valence-electron chi connectivity index (χ4n) is 7.01. The van der Waals surface area contributed by atoms with Crippen LogP contribution in [0.25, 0.3) is 0 Å². The fraction of sp³-hybridized carbons (Fsp3) is 0.583. The molecule has 0 aliphatic carbocycles. The van der Waals surface area contributed by atoms with Gasteiger partial charge in [0.15, 0.2) is 6.79 Å². The number of aliphatic hydroxyl groups is 1. The fourth-order valence-corrected chi connectivity index (χ4v) is 7.01. The largest absolute Gasteiger partial charge is 0.493 e. The molecule has 5 rings (SSSR count). The third kappa shape index (κ3) is 7.40. The summed E-state index contributed by atoms with van der Waals surface area (Å²) in [5.74, 6) is 0.326. The third-order valence-electron chi connectivity index (χ3n) is 9.43. The molecule has 262 valence electrons. The van der Waals surface area contributed by atoms with Gasteiger partial charge in [-0.05, 0) is 94.8 Å². The van der Waals surface area contributed by atoms with Crippen LogP contribution in [-0.4, -0.2) is 102 Å². The Balaban J connectivity index is 1.36. The van der Waals surface area contributed by atoms with Crippen molar-refractivity contribution < 1.29 is 43.2 Å². The smallest absolute Gasteiger partial charge is 0.411 e. The molecule has 0 radical (unpaired) electrons. The van der Waals surface area contributed by atoms with Crippen molar-refractivity contribution in [1.82, 2.24) is 15.1 Å². The topological polar surface area (TPSA) is 136 Å². The second-order valence-electron chi connectivity index (χ2n) is 13.7. The van der Waals surface area contributed by atoms with Gasteiger partial charge in [-0.1, -0.05) is 13.0 Å². The van der Waals surface area contributed by atoms with Crippen molar-refractivity contribution in [1.29, 1.82) is 0 Å². The molecule has 2 aromatic carbocycles. The van der Waals surface area contributed by atoms with Gasteiger partial charge in [0.05, 0.1) is 55.7 Å². The molecule has 12 nitrogen and oxygen atoms in total. The number of aliphatic hydroxyl groups excluding tert-OH is 1. The summed E-state index contributed by atoms with van der Waals surface area (Å²) in [6.45, 7) is 10.6. The van der Waals surface area contributed by atoms with Crippen molar-refractivity contribution in [3.63, 3.8) is 0 Å². The van der Waals surface area contributed by atoms with Crippen LogP contribution in [0.4, 0.5) is 4.79 Å². The molecule has 0 saturated carbocycles. The van der Waals surface area contributed by atoms with Crippen LogP contribution in [-0.2, 0) is 27.2 Å². The van der Waals surface area contributed by atoms with Crippen molar-refractivity contribution in [2.45, 2.75) is 96.2 Å². The SMILES string of the molecule is CCOc1cc(C(=O)N2C3CCC2COC3)ccc1C(=O)NC[C@@H](O)[C@]1(CC)Cc2ccc(OCOC)cc2CN1C(=O)OC(C)(C)C. The number of amides is 3. The van der Waals surface area contributed by atoms with Gasteiger partial charge in [-0.15, -0.1) is 0 Å². The number of hydrogen-bond acceptors (Lipinski definition) is 9. The van der Waals surface area contributed by atoms with E-state index in [1.165, 1.54) is 0 Å². The van der Waals surface area contributed by atoms with E-state index in [0.29, 0.717) is 44.0 Å². The average Bonchev–Trinajstić information content (AvgIpc) is 3.31. The molecule has 4 atom stereocenters. The number of benzene rings is 2. The van der Waals surface area contributed by atoms with E-state index in [4.69, 9.17) is 23.7 Å². The minimum Gasteiger partial charge on any atom is -0.493 e. The van der Waals surface area contributed by atoms with E-state index in [0.717, 1.165) is 24.0 Å². The van der Waals surface area contributed by atoms with Gasteiger partial charge in [0.1, 0.15) is 17.1 Å². The Morgan fingerprint density at radius 1 is 1.04 bits per heavy atom. The predicted molar refractivity (Wildman–Crippen MR) is 177 cm³/mol. The first-order valence-corrected chi connectivity index (χ1v) is 16.8. The van der Waals surface area contributed by atoms with Crippen LogP contribution >= 0.6 is 0 Å². The molecule has 12 heteroatoms. The lowest BCUT2D eigenvalue weighted by molar-refractivity contribution is -0.0594. The van der Waals surface area contributed by atoms with Crippen LogP contribution in [0, 0.1) is 0 Å². The Labute approximate surface area is 282 Å². The molecule has 0 spiro atoms. The van der Waals surface area contributed by atoms with Crippen molar-refractivity contribution in [3.05, 3.63) is 58.7 Å². The molecule has 2 bridgehead atoms. The van der Waals surface area contributed by atoms with Crippen molar-refractivity contribution >= 4 is 17.9 Å². The lowest BCUT2D eigenvalue weighted by Crippen LogP contribution is -2.64. The number of nitrogens with zero attached hydrogens (tertiary/aromatic N) is 2. The van der Waals surface area contributed by atoms with Crippen LogP contribution in [0.3, 0.4) is 0 Å². The van der Waals surface area contributed by atoms with Gasteiger partial charge >= 0.3 is 6.09 Å². The maximum absolute atomic E-state index is 13.7. The van der Waals surface area contributed by atoms with Crippen LogP contribution in [0.15, 0.2) is 36.4 Å². The number of nitrogens with one attached hydrogen (secondary N) is 1. The molecule has 2 unspecified atom stereocenters. The molecular weight excluding hydrogens is 618 g/mol. The summed E-state index contributed by atoms with van der Waals surface area (Å²) < 4.78 is 27.9. The molecule has 3 aliphatic heterocycles. The lowest BCUT2D eigenvalue weighted by atomic mass is 9.77. The van der Waals surface area contributed by atoms with E-state index in [2.05, 4.69) is 5.32 Å². The molecule has 2 N–H and O–H groups in total. The summed E-state index contributed by atoms with van der Waals surface area (Å²) >= 11 is 0. The third-order valence-corrected chi connectivity index (χ3v) is 9.43. The number of methoxy groups -OCH3 is 1. The Kier molecular flexibility index (Phi) is 10.9. The van der Waals surface area contributed by atoms with Gasteiger partial charge in [-0.25, -0.2) is 4.79 Å². The minimum atomic E-state index is -1.15. The standard InChI is InChI=1S/C36H49N3O9/c1-7-36(17-24-9-13-28(47-22-44-6)15-25(24)19-38(36)34(43)48-35(3,4)5)31(40)18-37-32(41)29-14-10-23(16-30(29)46-8-2)33(42)39-26-11-12-27(39)21-45-20-26/h9-10,13-16,26-27,31,40H,7-8,11-12,17-22H2,1-6H3,(H,37,41)/t26?,27?,31-,36+/m1/s1. The predicted octanol–water partition coefficient (Wildman–Crippen LogP) is 4.30. The van der Waals surface area contributed by atoms with E-state index in [-0.39, 0.29) is 49.2 Å². The maximum atomic E-state index is 13.7. The number of ether oxygens (including phenoxy) is 5. The first-order valence-electron chi connectivity index (χ1n) is 16.8. The zero-order chi connectivity index (χ0) is 34.6. The van der Waals surface area contributed by atoms with E-state index >= 15 is 0 Å². The van der Waals surface area contributed by atoms with Crippen molar-refractivity contribution in [2.75, 3.05) is 40.3 Å². The van der Waals surface area contributed by atoms with Crippen LogP contribution in [0.2, 0.25) is 0 Å². The average molecular weight is 668 g/mol. The molecule has 2 fully saturated rings. The molecule has 48 heavy (non-hydrogen) atoms. The van der Waals surface area contributed by atoms with Gasteiger partial charge in [-0.2, -0.15) is 0 Å². The minimum absolute atomic E-state index is 0.0557. The van der Waals surface area contributed by atoms with Crippen molar-refractivity contribution in [3.8, 4) is 11.5 Å². The lowest BCUT2D eigenvalue weighted by Gasteiger charge is -2.50. The molecule has 2 saturated heterocycles. The summed E-state index contributed by atoms with van der Waals surface area (Å²) in [6, 6.07) is 10.6. The highest BCUT2D eigenvalue weighted by Gasteiger charge is 2.49. The van der Waals surface area contributed by atoms with Gasteiger partial charge < -0.3 is 39.0 Å². The summed E-state index contributed by atoms with van der Waals surface area (Å²) in [6.07, 6.45) is 0.857. The van der Waals surface area contributed by atoms with E-state index < -0.39 is 29.2 Å². The maximum Gasteiger partial charge on any atom is 0.411 e. The van der Waals surface area contributed by atoms with Crippen LogP contribution in [0.5, 0.6) is 11.5 Å². The molecule has 3 heterocycles. The summed E-state index contributed by atoms with van der Waals surface area (Å²) in [7, 11) is 1.54. The molecule has 3 amide bonds. The Morgan fingerprint density at radius 3 is 2.42 bits per heavy atom. The van der Waals surface area contributed by atoms with E-state index in [9.17, 15) is 19.5 Å². The van der Waals surface area contributed by atoms with Gasteiger partial charge in [0.2, 0.25) is 0 Å². The Hall–Kier alpha value is -3.87. The van der Waals surface area contributed by atoms with E-state index in [1.54, 1.807) is 51.0 Å². The van der Waals surface area contributed by atoms with Crippen LogP contribution < -0.4 is 14.8 Å². The molecule has 2 aromatic rings. The van der Waals surface area contributed by atoms with Crippen molar-refractivity contribution in [2.24, 2.45) is 0 Å². The number of hydrogen-bond donors (Lipinski definition) is 2. The van der Waals surface area contributed by atoms with Gasteiger partial charge in [0.25, 0.3) is 11.8 Å². The van der Waals surface area contributed by atoms with Crippen LogP contribution in [0.1, 0.15) is 85.7 Å². The zero-order valence-electron chi connectivity index (χ0n) is 28.9. The van der Waals surface area contributed by atoms with Gasteiger partial charge in [0, 0.05) is 19.2 Å². The zero-order valence-corrected chi connectivity index (χ0v) is 28.9. The second-order valence-corrected chi connectivity index (χ2v) is 13.7. The number of fused-ring (bicyclic) bond motifs is 3. The first kappa shape index (κ1) is 35.4. The Bertz CT molecular complexity index is 1480. The number of rotatable bonds is 11. The number of carbonyl (C=O) groups is 3. The summed E-state index contributed by atoms with van der Waals surface area (Å²) in [4.78, 5) is 44.3. The number of morpholine rings is 1. The normalized spacial score (nSPS) is 22.5. The highest BCUT2D eigenvalue weighted by Crippen LogP contribution is 2.39.